The Bertz CT molecular complexity index is 1070. The fourth-order valence-electron chi connectivity index (χ4n) is 2.55. The number of unbranched alkanes of at least 4 members (excludes halogenated alkanes) is 8. The minimum atomic E-state index is -0.928. The zero-order chi connectivity index (χ0) is 25.8. The molecule has 5 heteroatoms. The molecule has 0 aromatic rings. The number of esters is 2. The second-order valence-electron chi connectivity index (χ2n) is 7.12. The van der Waals surface area contributed by atoms with Crippen LogP contribution in [-0.2, 0) is 19.1 Å². The van der Waals surface area contributed by atoms with Gasteiger partial charge in [-0.3, -0.25) is 4.79 Å². The molecule has 0 unspecified atom stereocenters. The van der Waals surface area contributed by atoms with Gasteiger partial charge in [0, 0.05) is 12.3 Å². The van der Waals surface area contributed by atoms with Crippen LogP contribution in [0.1, 0.15) is 71.1 Å². The Kier molecular flexibility index (Phi) is 21.5. The predicted octanol–water partition coefficient (Wildman–Crippen LogP) is 3.01. The van der Waals surface area contributed by atoms with E-state index in [1.807, 2.05) is 0 Å². The predicted molar refractivity (Wildman–Crippen MR) is 135 cm³/mol. The molecule has 0 aliphatic heterocycles. The maximum absolute atomic E-state index is 11.9. The molecule has 0 saturated carbocycles. The highest BCUT2D eigenvalue weighted by atomic mass is 16.6. The highest BCUT2D eigenvalue weighted by Crippen LogP contribution is 2.11. The number of ether oxygens (including phenoxy) is 2. The third-order valence-electron chi connectivity index (χ3n) is 4.25. The summed E-state index contributed by atoms with van der Waals surface area (Å²) >= 11 is 0. The summed E-state index contributed by atoms with van der Waals surface area (Å²) in [5.74, 6) is 29.3. The van der Waals surface area contributed by atoms with E-state index >= 15 is 0 Å². The van der Waals surface area contributed by atoms with Gasteiger partial charge in [-0.05, 0) is 77.5 Å². The lowest BCUT2D eigenvalue weighted by atomic mass is 10.1. The summed E-state index contributed by atoms with van der Waals surface area (Å²) in [6.07, 6.45) is 14.6. The first kappa shape index (κ1) is 30.8. The number of carbonyl (C=O) groups excluding carboxylic acids is 2. The van der Waals surface area contributed by atoms with Crippen LogP contribution in [0.3, 0.4) is 0 Å². The normalized spacial score (nSPS) is 8.94. The van der Waals surface area contributed by atoms with Gasteiger partial charge in [-0.15, -0.1) is 6.42 Å². The molecule has 0 amide bonds. The number of terminal acetylenes is 1. The van der Waals surface area contributed by atoms with Gasteiger partial charge in [0.2, 0.25) is 0 Å². The van der Waals surface area contributed by atoms with E-state index in [9.17, 15) is 14.7 Å². The highest BCUT2D eigenvalue weighted by Gasteiger charge is 2.15. The van der Waals surface area contributed by atoms with E-state index in [4.69, 9.17) is 15.9 Å². The fourth-order valence-corrected chi connectivity index (χ4v) is 2.55. The van der Waals surface area contributed by atoms with Crippen LogP contribution in [0.25, 0.3) is 0 Å². The van der Waals surface area contributed by atoms with Crippen molar-refractivity contribution in [1.29, 1.82) is 0 Å². The first-order valence-electron chi connectivity index (χ1n) is 11.6. The van der Waals surface area contributed by atoms with Gasteiger partial charge in [-0.2, -0.15) is 0 Å². The molecule has 1 atom stereocenters. The molecular weight excluding hydrogens is 440 g/mol. The molecule has 1 N–H and O–H groups in total. The summed E-state index contributed by atoms with van der Waals surface area (Å²) in [5.41, 5.74) is 0. The maximum atomic E-state index is 11.9. The number of rotatable bonds is 14. The van der Waals surface area contributed by atoms with Crippen LogP contribution in [-0.4, -0.2) is 36.4 Å². The number of hydrogen-bond donors (Lipinski definition) is 1. The molecular formula is C30H30O5. The monoisotopic (exact) mass is 470 g/mol. The van der Waals surface area contributed by atoms with Gasteiger partial charge >= 0.3 is 11.9 Å². The van der Waals surface area contributed by atoms with Crippen LogP contribution in [0.4, 0.5) is 0 Å². The summed E-state index contributed by atoms with van der Waals surface area (Å²) in [6, 6.07) is 0. The zero-order valence-corrected chi connectivity index (χ0v) is 20.2. The summed E-state index contributed by atoms with van der Waals surface area (Å²) in [4.78, 5) is 23.5. The first-order valence-corrected chi connectivity index (χ1v) is 11.6. The summed E-state index contributed by atoms with van der Waals surface area (Å²) in [6.45, 7) is 1.46. The Hall–Kier alpha value is -4.18. The van der Waals surface area contributed by atoms with Crippen molar-refractivity contribution in [3.63, 3.8) is 0 Å². The highest BCUT2D eigenvalue weighted by molar-refractivity contribution is 5.89. The molecule has 0 aromatic carbocycles. The second kappa shape index (κ2) is 24.5. The topological polar surface area (TPSA) is 72.8 Å². The quantitative estimate of drug-likeness (QED) is 0.183. The largest absolute Gasteiger partial charge is 0.456 e. The van der Waals surface area contributed by atoms with Gasteiger partial charge in [0.15, 0.2) is 6.10 Å². The lowest BCUT2D eigenvalue weighted by Gasteiger charge is -2.14. The van der Waals surface area contributed by atoms with E-state index in [0.717, 1.165) is 19.3 Å². The van der Waals surface area contributed by atoms with E-state index in [-0.39, 0.29) is 13.0 Å². The van der Waals surface area contributed by atoms with Crippen LogP contribution in [0.2, 0.25) is 0 Å². The molecule has 0 heterocycles. The van der Waals surface area contributed by atoms with E-state index < -0.39 is 24.6 Å². The van der Waals surface area contributed by atoms with Crippen molar-refractivity contribution in [3.05, 3.63) is 0 Å². The van der Waals surface area contributed by atoms with E-state index in [1.54, 1.807) is 0 Å². The minimum absolute atomic E-state index is 0.271. The van der Waals surface area contributed by atoms with Gasteiger partial charge in [-0.25, -0.2) is 4.79 Å². The molecule has 0 bridgehead atoms. The van der Waals surface area contributed by atoms with Gasteiger partial charge < -0.3 is 14.6 Å². The van der Waals surface area contributed by atoms with Gasteiger partial charge in [0.05, 0.1) is 6.61 Å². The molecule has 5 nitrogen and oxygen atoms in total. The Morgan fingerprint density at radius 2 is 1.23 bits per heavy atom. The van der Waals surface area contributed by atoms with Crippen molar-refractivity contribution in [3.8, 4) is 83.4 Å². The fraction of sp³-hybridized carbons (Fsp3) is 0.467. The minimum Gasteiger partial charge on any atom is -0.456 e. The van der Waals surface area contributed by atoms with Crippen LogP contribution >= 0.6 is 0 Å². The average molecular weight is 471 g/mol. The second-order valence-corrected chi connectivity index (χ2v) is 7.12. The average Bonchev–Trinajstić information content (AvgIpc) is 2.86. The van der Waals surface area contributed by atoms with Crippen molar-refractivity contribution in [2.24, 2.45) is 0 Å². The first-order chi connectivity index (χ1) is 17.1. The molecule has 0 aliphatic carbocycles. The van der Waals surface area contributed by atoms with Crippen LogP contribution in [0.5, 0.6) is 0 Å². The van der Waals surface area contributed by atoms with Gasteiger partial charge in [0.1, 0.15) is 6.61 Å². The lowest BCUT2D eigenvalue weighted by molar-refractivity contribution is -0.159. The van der Waals surface area contributed by atoms with Crippen molar-refractivity contribution < 1.29 is 24.2 Å². The molecule has 0 spiro atoms. The number of aliphatic hydroxyl groups is 1. The van der Waals surface area contributed by atoms with E-state index in [1.165, 1.54) is 38.5 Å². The van der Waals surface area contributed by atoms with E-state index in [0.29, 0.717) is 0 Å². The van der Waals surface area contributed by atoms with Crippen molar-refractivity contribution in [2.75, 3.05) is 13.2 Å². The van der Waals surface area contributed by atoms with Crippen LogP contribution in [0, 0.1) is 83.4 Å². The van der Waals surface area contributed by atoms with Gasteiger partial charge in [-0.1, -0.05) is 58.3 Å². The Labute approximate surface area is 210 Å². The van der Waals surface area contributed by atoms with E-state index in [2.05, 4.69) is 83.9 Å². The molecule has 35 heavy (non-hydrogen) atoms. The molecule has 0 aliphatic rings. The number of hydrogen-bond acceptors (Lipinski definition) is 5. The maximum Gasteiger partial charge on any atom is 0.385 e. The van der Waals surface area contributed by atoms with Crippen LogP contribution in [0.15, 0.2) is 0 Å². The zero-order valence-electron chi connectivity index (χ0n) is 20.2. The summed E-state index contributed by atoms with van der Waals surface area (Å²) in [5, 5.41) is 9.33. The molecule has 0 aromatic heterocycles. The molecule has 180 valence electrons. The van der Waals surface area contributed by atoms with Crippen molar-refractivity contribution in [1.82, 2.24) is 0 Å². The molecule has 0 saturated heterocycles. The third-order valence-corrected chi connectivity index (χ3v) is 4.25. The Morgan fingerprint density at radius 3 is 1.74 bits per heavy atom. The summed E-state index contributed by atoms with van der Waals surface area (Å²) in [7, 11) is 0. The Morgan fingerprint density at radius 1 is 0.743 bits per heavy atom. The smallest absolute Gasteiger partial charge is 0.385 e. The van der Waals surface area contributed by atoms with Crippen molar-refractivity contribution in [2.45, 2.75) is 77.2 Å². The van der Waals surface area contributed by atoms with Crippen molar-refractivity contribution >= 4 is 11.9 Å². The number of aliphatic hydroxyl groups excluding tert-OH is 1. The Balaban J connectivity index is 4.12. The van der Waals surface area contributed by atoms with Crippen LogP contribution < -0.4 is 0 Å². The third kappa shape index (κ3) is 22.8. The standard InChI is InChI=1S/C30H30O5/c1-3-5-7-9-11-13-14-15-17-18-20-22-24-29(32)34-27-28(26-31)35-30(33)25-23-21-19-16-12-10-8-6-4-2/h1,28,31H,4,6,8,10,12,16,19,21,23,25-27H2,2H3/t28-/m0/s1. The SMILES string of the molecule is C#CC#CC#CC#CC#CC#CC#CC(=O)OC[C@H](CO)OC(=O)CCCCCCCCCCC. The summed E-state index contributed by atoms with van der Waals surface area (Å²) < 4.78 is 10.0. The van der Waals surface area contributed by atoms with Gasteiger partial charge in [0.25, 0.3) is 0 Å². The number of carbonyl (C=O) groups is 2. The molecule has 0 fully saturated rings. The lowest BCUT2D eigenvalue weighted by Crippen LogP contribution is -2.28. The molecule has 0 rings (SSSR count). The molecule has 0 radical (unpaired) electrons.